The molecular weight excluding hydrogens is 320 g/mol. The number of esters is 1. The molecule has 5 nitrogen and oxygen atoms in total. The van der Waals surface area contributed by atoms with Crippen molar-refractivity contribution in [3.63, 3.8) is 0 Å². The third-order valence-electron chi connectivity index (χ3n) is 4.30. The van der Waals surface area contributed by atoms with Crippen molar-refractivity contribution in [2.75, 3.05) is 20.3 Å². The molecule has 1 heterocycles. The molecule has 1 saturated heterocycles. The van der Waals surface area contributed by atoms with Gasteiger partial charge in [-0.15, -0.1) is 0 Å². The highest BCUT2D eigenvalue weighted by atomic mass is 16.7. The summed E-state index contributed by atoms with van der Waals surface area (Å²) in [6, 6.07) is 14.3. The molecule has 2 aromatic rings. The van der Waals surface area contributed by atoms with Crippen LogP contribution in [-0.2, 0) is 14.2 Å². The highest BCUT2D eigenvalue weighted by molar-refractivity contribution is 6.01. The van der Waals surface area contributed by atoms with Gasteiger partial charge in [0.1, 0.15) is 0 Å². The Morgan fingerprint density at radius 2 is 1.72 bits per heavy atom. The lowest BCUT2D eigenvalue weighted by molar-refractivity contribution is -0.0448. The number of carbonyl (C=O) groups excluding carboxylic acids is 2. The zero-order chi connectivity index (χ0) is 17.8. The van der Waals surface area contributed by atoms with Gasteiger partial charge in [0.15, 0.2) is 12.1 Å². The Morgan fingerprint density at radius 3 is 2.36 bits per heavy atom. The second kappa shape index (κ2) is 7.59. The minimum Gasteiger partial charge on any atom is -0.465 e. The van der Waals surface area contributed by atoms with E-state index in [9.17, 15) is 9.59 Å². The molecule has 0 spiro atoms. The second-order valence-electron chi connectivity index (χ2n) is 5.86. The molecule has 5 heteroatoms. The molecule has 1 atom stereocenters. The van der Waals surface area contributed by atoms with Crippen LogP contribution in [0.15, 0.2) is 48.5 Å². The van der Waals surface area contributed by atoms with Gasteiger partial charge in [-0.05, 0) is 17.7 Å². The quantitative estimate of drug-likeness (QED) is 0.616. The summed E-state index contributed by atoms with van der Waals surface area (Å²) in [5, 5.41) is 0. The number of rotatable bonds is 5. The first kappa shape index (κ1) is 17.3. The van der Waals surface area contributed by atoms with Crippen molar-refractivity contribution >= 4 is 11.8 Å². The fourth-order valence-corrected chi connectivity index (χ4v) is 2.95. The van der Waals surface area contributed by atoms with Crippen LogP contribution in [0.5, 0.6) is 0 Å². The Morgan fingerprint density at radius 1 is 1.04 bits per heavy atom. The monoisotopic (exact) mass is 340 g/mol. The number of benzene rings is 2. The lowest BCUT2D eigenvalue weighted by Gasteiger charge is -2.20. The molecule has 1 fully saturated rings. The van der Waals surface area contributed by atoms with Gasteiger partial charge in [-0.25, -0.2) is 4.79 Å². The van der Waals surface area contributed by atoms with Crippen molar-refractivity contribution in [3.05, 3.63) is 70.8 Å². The molecule has 0 bridgehead atoms. The number of methoxy groups -OCH3 is 1. The van der Waals surface area contributed by atoms with Gasteiger partial charge < -0.3 is 14.2 Å². The van der Waals surface area contributed by atoms with Crippen molar-refractivity contribution in [2.45, 2.75) is 19.1 Å². The fraction of sp³-hybridized carbons (Fsp3) is 0.300. The van der Waals surface area contributed by atoms with Crippen LogP contribution in [0.4, 0.5) is 0 Å². The number of hydrogen-bond acceptors (Lipinski definition) is 5. The maximum Gasteiger partial charge on any atom is 0.337 e. The average Bonchev–Trinajstić information content (AvgIpc) is 3.21. The van der Waals surface area contributed by atoms with E-state index in [1.54, 1.807) is 30.3 Å². The molecule has 1 aliphatic heterocycles. The van der Waals surface area contributed by atoms with Crippen molar-refractivity contribution in [3.8, 4) is 0 Å². The number of Topliss-reactive ketones (excluding diaryl/α,β-unsaturated/α-hetero) is 1. The smallest absolute Gasteiger partial charge is 0.337 e. The van der Waals surface area contributed by atoms with Crippen molar-refractivity contribution in [1.29, 1.82) is 0 Å². The molecular formula is C20H20O5. The van der Waals surface area contributed by atoms with Gasteiger partial charge in [-0.3, -0.25) is 4.79 Å². The largest absolute Gasteiger partial charge is 0.465 e. The predicted octanol–water partition coefficient (Wildman–Crippen LogP) is 3.51. The SMILES string of the molecule is COC(=O)c1ccc(C(C)C(=O)c2ccccc2)c(C2OCCO2)c1. The van der Waals surface area contributed by atoms with Crippen LogP contribution in [0.3, 0.4) is 0 Å². The van der Waals surface area contributed by atoms with Gasteiger partial charge >= 0.3 is 5.97 Å². The van der Waals surface area contributed by atoms with Gasteiger partial charge in [-0.2, -0.15) is 0 Å². The van der Waals surface area contributed by atoms with Gasteiger partial charge in [0.05, 0.1) is 25.9 Å². The summed E-state index contributed by atoms with van der Waals surface area (Å²) < 4.78 is 16.0. The Balaban J connectivity index is 1.99. The normalized spacial score (nSPS) is 15.8. The molecule has 0 radical (unpaired) electrons. The maximum atomic E-state index is 12.8. The van der Waals surface area contributed by atoms with E-state index in [-0.39, 0.29) is 5.78 Å². The topological polar surface area (TPSA) is 61.8 Å². The van der Waals surface area contributed by atoms with Crippen molar-refractivity contribution in [2.24, 2.45) is 0 Å². The molecule has 0 amide bonds. The molecule has 0 aromatic heterocycles. The number of hydrogen-bond donors (Lipinski definition) is 0. The Labute approximate surface area is 146 Å². The minimum absolute atomic E-state index is 0.00525. The first-order valence-electron chi connectivity index (χ1n) is 8.16. The van der Waals surface area contributed by atoms with Crippen LogP contribution < -0.4 is 0 Å². The van der Waals surface area contributed by atoms with E-state index in [1.165, 1.54) is 7.11 Å². The van der Waals surface area contributed by atoms with E-state index in [2.05, 4.69) is 0 Å². The molecule has 3 rings (SSSR count). The van der Waals surface area contributed by atoms with E-state index in [0.717, 1.165) is 5.56 Å². The first-order valence-corrected chi connectivity index (χ1v) is 8.16. The van der Waals surface area contributed by atoms with Gasteiger partial charge in [0, 0.05) is 17.0 Å². The molecule has 2 aromatic carbocycles. The summed E-state index contributed by atoms with van der Waals surface area (Å²) >= 11 is 0. The highest BCUT2D eigenvalue weighted by Crippen LogP contribution is 2.33. The summed E-state index contributed by atoms with van der Waals surface area (Å²) in [4.78, 5) is 24.7. The van der Waals surface area contributed by atoms with Crippen LogP contribution >= 0.6 is 0 Å². The van der Waals surface area contributed by atoms with E-state index in [4.69, 9.17) is 14.2 Å². The molecule has 0 N–H and O–H groups in total. The molecule has 1 unspecified atom stereocenters. The molecule has 130 valence electrons. The third kappa shape index (κ3) is 3.62. The van der Waals surface area contributed by atoms with E-state index in [1.807, 2.05) is 25.1 Å². The zero-order valence-electron chi connectivity index (χ0n) is 14.2. The number of ketones is 1. The molecule has 0 aliphatic carbocycles. The Kier molecular flexibility index (Phi) is 5.26. The molecule has 25 heavy (non-hydrogen) atoms. The lowest BCUT2D eigenvalue weighted by atomic mass is 9.88. The molecule has 1 aliphatic rings. The number of carbonyl (C=O) groups is 2. The Hall–Kier alpha value is -2.50. The average molecular weight is 340 g/mol. The predicted molar refractivity (Wildman–Crippen MR) is 91.6 cm³/mol. The lowest BCUT2D eigenvalue weighted by Crippen LogP contribution is -2.15. The van der Waals surface area contributed by atoms with Crippen molar-refractivity contribution < 1.29 is 23.8 Å². The third-order valence-corrected chi connectivity index (χ3v) is 4.30. The van der Waals surface area contributed by atoms with Gasteiger partial charge in [-0.1, -0.05) is 43.3 Å². The van der Waals surface area contributed by atoms with Crippen molar-refractivity contribution in [1.82, 2.24) is 0 Å². The zero-order valence-corrected chi connectivity index (χ0v) is 14.2. The standard InChI is InChI=1S/C20H20O5/c1-13(18(21)14-6-4-3-5-7-14)16-9-8-15(19(22)23-2)12-17(16)20-24-10-11-25-20/h3-9,12-13,20H,10-11H2,1-2H3. The second-order valence-corrected chi connectivity index (χ2v) is 5.86. The van der Waals surface area contributed by atoms with E-state index < -0.39 is 18.2 Å². The van der Waals surface area contributed by atoms with E-state index >= 15 is 0 Å². The minimum atomic E-state index is -0.578. The van der Waals surface area contributed by atoms with Crippen LogP contribution in [0.2, 0.25) is 0 Å². The van der Waals surface area contributed by atoms with Gasteiger partial charge in [0.2, 0.25) is 0 Å². The summed E-state index contributed by atoms with van der Waals surface area (Å²) in [6.07, 6.45) is -0.578. The maximum absolute atomic E-state index is 12.8. The summed E-state index contributed by atoms with van der Waals surface area (Å²) in [5.41, 5.74) is 2.52. The van der Waals surface area contributed by atoms with Crippen LogP contribution in [-0.4, -0.2) is 32.1 Å². The first-order chi connectivity index (χ1) is 12.1. The summed E-state index contributed by atoms with van der Waals surface area (Å²) in [5.74, 6) is -0.824. The van der Waals surface area contributed by atoms with Crippen LogP contribution in [0.25, 0.3) is 0 Å². The van der Waals surface area contributed by atoms with Crippen LogP contribution in [0.1, 0.15) is 51.0 Å². The van der Waals surface area contributed by atoms with Crippen LogP contribution in [0, 0.1) is 0 Å². The fourth-order valence-electron chi connectivity index (χ4n) is 2.95. The van der Waals surface area contributed by atoms with E-state index in [0.29, 0.717) is 29.9 Å². The van der Waals surface area contributed by atoms with Gasteiger partial charge in [0.25, 0.3) is 0 Å². The Bertz CT molecular complexity index is 763. The number of ether oxygens (including phenoxy) is 3. The molecule has 0 saturated carbocycles. The highest BCUT2D eigenvalue weighted by Gasteiger charge is 2.27. The summed E-state index contributed by atoms with van der Waals surface area (Å²) in [6.45, 7) is 2.81. The summed E-state index contributed by atoms with van der Waals surface area (Å²) in [7, 11) is 1.33.